The van der Waals surface area contributed by atoms with Crippen molar-refractivity contribution in [3.05, 3.63) is 35.9 Å². The van der Waals surface area contributed by atoms with Gasteiger partial charge in [-0.1, -0.05) is 30.3 Å². The van der Waals surface area contributed by atoms with E-state index in [1.54, 1.807) is 5.32 Å². The van der Waals surface area contributed by atoms with Crippen LogP contribution in [0.1, 0.15) is 12.0 Å². The van der Waals surface area contributed by atoms with Crippen LogP contribution in [0.3, 0.4) is 0 Å². The van der Waals surface area contributed by atoms with E-state index in [4.69, 9.17) is 9.84 Å². The van der Waals surface area contributed by atoms with Gasteiger partial charge in [0.25, 0.3) is 0 Å². The molecule has 1 rings (SSSR count). The van der Waals surface area contributed by atoms with Gasteiger partial charge in [-0.2, -0.15) is 0 Å². The molecule has 20 heavy (non-hydrogen) atoms. The van der Waals surface area contributed by atoms with E-state index in [2.05, 4.69) is 0 Å². The number of amides is 3. The van der Waals surface area contributed by atoms with E-state index in [1.807, 2.05) is 30.3 Å². The number of ether oxygens (including phenoxy) is 1. The molecule has 0 saturated carbocycles. The first-order chi connectivity index (χ1) is 9.49. The van der Waals surface area contributed by atoms with Crippen molar-refractivity contribution in [3.63, 3.8) is 0 Å². The van der Waals surface area contributed by atoms with E-state index >= 15 is 0 Å². The summed E-state index contributed by atoms with van der Waals surface area (Å²) in [6, 6.07) is 9.19. The van der Waals surface area contributed by atoms with Gasteiger partial charge in [-0.05, 0) is 5.56 Å². The standard InChI is InChI=1S/C13H16N2O5/c1-15(8-7-11(16)14-12(17)18)13(19)20-9-10-5-3-2-4-6-10/h2-6H,7-9H2,1H3,(H,14,16)(H,17,18). The van der Waals surface area contributed by atoms with Gasteiger partial charge in [0.05, 0.1) is 0 Å². The lowest BCUT2D eigenvalue weighted by molar-refractivity contribution is -0.120. The highest BCUT2D eigenvalue weighted by Crippen LogP contribution is 2.02. The highest BCUT2D eigenvalue weighted by Gasteiger charge is 2.13. The molecular weight excluding hydrogens is 264 g/mol. The second-order valence-corrected chi connectivity index (χ2v) is 4.07. The average molecular weight is 280 g/mol. The molecule has 3 amide bonds. The number of rotatable bonds is 5. The molecule has 0 unspecified atom stereocenters. The maximum atomic E-state index is 11.6. The summed E-state index contributed by atoms with van der Waals surface area (Å²) in [6.45, 7) is 0.220. The molecule has 0 aliphatic rings. The normalized spacial score (nSPS) is 9.65. The third kappa shape index (κ3) is 5.85. The van der Waals surface area contributed by atoms with E-state index in [0.29, 0.717) is 0 Å². The predicted molar refractivity (Wildman–Crippen MR) is 70.0 cm³/mol. The second kappa shape index (κ2) is 7.78. The Kier molecular flexibility index (Phi) is 6.02. The number of carbonyl (C=O) groups is 3. The van der Waals surface area contributed by atoms with Crippen LogP contribution in [-0.2, 0) is 16.1 Å². The van der Waals surface area contributed by atoms with Gasteiger partial charge in [0.2, 0.25) is 5.91 Å². The number of imide groups is 1. The number of benzene rings is 1. The Morgan fingerprint density at radius 1 is 1.25 bits per heavy atom. The minimum atomic E-state index is -1.41. The second-order valence-electron chi connectivity index (χ2n) is 4.07. The Morgan fingerprint density at radius 3 is 2.50 bits per heavy atom. The summed E-state index contributed by atoms with van der Waals surface area (Å²) in [5, 5.41) is 10.0. The van der Waals surface area contributed by atoms with Crippen LogP contribution in [0.5, 0.6) is 0 Å². The molecule has 0 aliphatic carbocycles. The van der Waals surface area contributed by atoms with Crippen molar-refractivity contribution < 1.29 is 24.2 Å². The van der Waals surface area contributed by atoms with E-state index in [0.717, 1.165) is 5.56 Å². The third-order valence-electron chi connectivity index (χ3n) is 2.44. The molecule has 0 aromatic heterocycles. The van der Waals surface area contributed by atoms with E-state index < -0.39 is 18.1 Å². The predicted octanol–water partition coefficient (Wildman–Crippen LogP) is 1.44. The van der Waals surface area contributed by atoms with Crippen molar-refractivity contribution in [2.75, 3.05) is 13.6 Å². The number of hydrogen-bond acceptors (Lipinski definition) is 4. The van der Waals surface area contributed by atoms with E-state index in [-0.39, 0.29) is 19.6 Å². The van der Waals surface area contributed by atoms with Crippen molar-refractivity contribution in [1.29, 1.82) is 0 Å². The Morgan fingerprint density at radius 2 is 1.90 bits per heavy atom. The summed E-state index contributed by atoms with van der Waals surface area (Å²) in [5.41, 5.74) is 0.859. The van der Waals surface area contributed by atoms with E-state index in [9.17, 15) is 14.4 Å². The smallest absolute Gasteiger partial charge is 0.411 e. The molecule has 0 radical (unpaired) electrons. The SMILES string of the molecule is CN(CCC(=O)NC(=O)O)C(=O)OCc1ccccc1. The fourth-order valence-corrected chi connectivity index (χ4v) is 1.37. The van der Waals surface area contributed by atoms with Crippen LogP contribution in [-0.4, -0.2) is 41.7 Å². The molecule has 0 heterocycles. The zero-order valence-corrected chi connectivity index (χ0v) is 11.0. The van der Waals surface area contributed by atoms with Gasteiger partial charge < -0.3 is 14.7 Å². The molecule has 0 bridgehead atoms. The minimum absolute atomic E-state index is 0.0761. The first-order valence-corrected chi connectivity index (χ1v) is 5.93. The number of carbonyl (C=O) groups excluding carboxylic acids is 2. The highest BCUT2D eigenvalue weighted by atomic mass is 16.6. The van der Waals surface area contributed by atoms with Gasteiger partial charge in [-0.3, -0.25) is 10.1 Å². The molecular formula is C13H16N2O5. The summed E-state index contributed by atoms with van der Waals surface area (Å²) in [7, 11) is 1.47. The molecule has 0 aliphatic heterocycles. The first kappa shape index (κ1) is 15.5. The molecule has 0 atom stereocenters. The minimum Gasteiger partial charge on any atom is -0.465 e. The molecule has 108 valence electrons. The van der Waals surface area contributed by atoms with Crippen molar-refractivity contribution in [2.24, 2.45) is 0 Å². The number of carboxylic acid groups (broad SMARTS) is 1. The molecule has 7 nitrogen and oxygen atoms in total. The van der Waals surface area contributed by atoms with E-state index in [1.165, 1.54) is 11.9 Å². The molecule has 1 aromatic rings. The summed E-state index contributed by atoms with van der Waals surface area (Å²) in [6.07, 6.45) is -2.09. The quantitative estimate of drug-likeness (QED) is 0.850. The van der Waals surface area contributed by atoms with Gasteiger partial charge in [-0.15, -0.1) is 0 Å². The molecule has 0 spiro atoms. The first-order valence-electron chi connectivity index (χ1n) is 5.93. The largest absolute Gasteiger partial charge is 0.465 e. The van der Waals surface area contributed by atoms with Gasteiger partial charge in [-0.25, -0.2) is 9.59 Å². The molecule has 2 N–H and O–H groups in total. The van der Waals surface area contributed by atoms with Crippen LogP contribution in [0.2, 0.25) is 0 Å². The molecule has 1 aromatic carbocycles. The number of nitrogens with one attached hydrogen (secondary N) is 1. The number of nitrogens with zero attached hydrogens (tertiary/aromatic N) is 1. The fraction of sp³-hybridized carbons (Fsp3) is 0.308. The van der Waals surface area contributed by atoms with Crippen LogP contribution in [0, 0.1) is 0 Å². The van der Waals surface area contributed by atoms with Crippen LogP contribution in [0.15, 0.2) is 30.3 Å². The lowest BCUT2D eigenvalue weighted by Crippen LogP contribution is -2.34. The van der Waals surface area contributed by atoms with Crippen LogP contribution < -0.4 is 5.32 Å². The average Bonchev–Trinajstić information content (AvgIpc) is 2.42. The van der Waals surface area contributed by atoms with Crippen molar-refractivity contribution in [2.45, 2.75) is 13.0 Å². The Bertz CT molecular complexity index is 475. The van der Waals surface area contributed by atoms with Crippen molar-refractivity contribution in [1.82, 2.24) is 10.2 Å². The fourth-order valence-electron chi connectivity index (χ4n) is 1.37. The lowest BCUT2D eigenvalue weighted by Gasteiger charge is -2.16. The maximum absolute atomic E-state index is 11.6. The Balaban J connectivity index is 2.29. The molecule has 0 saturated heterocycles. The zero-order valence-electron chi connectivity index (χ0n) is 11.0. The zero-order chi connectivity index (χ0) is 15.0. The lowest BCUT2D eigenvalue weighted by atomic mass is 10.2. The molecule has 7 heteroatoms. The van der Waals surface area contributed by atoms with Crippen LogP contribution in [0.25, 0.3) is 0 Å². The maximum Gasteiger partial charge on any atom is 0.411 e. The van der Waals surface area contributed by atoms with Crippen molar-refractivity contribution >= 4 is 18.1 Å². The van der Waals surface area contributed by atoms with Gasteiger partial charge in [0.1, 0.15) is 6.61 Å². The van der Waals surface area contributed by atoms with Gasteiger partial charge in [0.15, 0.2) is 0 Å². The third-order valence-corrected chi connectivity index (χ3v) is 2.44. The summed E-state index contributed by atoms with van der Waals surface area (Å²) < 4.78 is 5.04. The summed E-state index contributed by atoms with van der Waals surface area (Å²) in [5.74, 6) is -0.666. The van der Waals surface area contributed by atoms with Crippen molar-refractivity contribution in [3.8, 4) is 0 Å². The Hall–Kier alpha value is -2.57. The van der Waals surface area contributed by atoms with Gasteiger partial charge >= 0.3 is 12.2 Å². The monoisotopic (exact) mass is 280 g/mol. The van der Waals surface area contributed by atoms with Crippen LogP contribution in [0.4, 0.5) is 9.59 Å². The Labute approximate surface area is 116 Å². The summed E-state index contributed by atoms with van der Waals surface area (Å²) >= 11 is 0. The number of hydrogen-bond donors (Lipinski definition) is 2. The highest BCUT2D eigenvalue weighted by molar-refractivity contribution is 5.91. The van der Waals surface area contributed by atoms with Crippen LogP contribution >= 0.6 is 0 Å². The summed E-state index contributed by atoms with van der Waals surface area (Å²) in [4.78, 5) is 34.1. The molecule has 0 fully saturated rings. The van der Waals surface area contributed by atoms with Gasteiger partial charge in [0, 0.05) is 20.0 Å². The topological polar surface area (TPSA) is 95.9 Å².